The number of carbonyl (C=O) groups excluding carboxylic acids is 1. The molecule has 0 N–H and O–H groups in total. The van der Waals surface area contributed by atoms with Crippen molar-refractivity contribution in [1.29, 1.82) is 0 Å². The van der Waals surface area contributed by atoms with Gasteiger partial charge in [0, 0.05) is 24.7 Å². The summed E-state index contributed by atoms with van der Waals surface area (Å²) in [7, 11) is 1.46. The van der Waals surface area contributed by atoms with Crippen LogP contribution in [-0.2, 0) is 11.8 Å². The van der Waals surface area contributed by atoms with E-state index in [0.717, 1.165) is 16.8 Å². The number of aromatic nitrogens is 3. The van der Waals surface area contributed by atoms with Crippen molar-refractivity contribution in [3.8, 4) is 22.8 Å². The number of benzene rings is 2. The summed E-state index contributed by atoms with van der Waals surface area (Å²) in [4.78, 5) is 26.1. The lowest BCUT2D eigenvalue weighted by Gasteiger charge is -2.19. The van der Waals surface area contributed by atoms with Gasteiger partial charge >= 0.3 is 6.09 Å². The summed E-state index contributed by atoms with van der Waals surface area (Å²) >= 11 is 6.37. The maximum absolute atomic E-state index is 14.2. The van der Waals surface area contributed by atoms with E-state index in [0.29, 0.717) is 16.7 Å². The van der Waals surface area contributed by atoms with E-state index >= 15 is 0 Å². The monoisotopic (exact) mass is 487 g/mol. The summed E-state index contributed by atoms with van der Waals surface area (Å²) < 4.78 is 40.6. The predicted octanol–water partition coefficient (Wildman–Crippen LogP) is 5.91. The largest absolute Gasteiger partial charge is 0.448 e. The van der Waals surface area contributed by atoms with Crippen LogP contribution in [0.3, 0.4) is 0 Å². The summed E-state index contributed by atoms with van der Waals surface area (Å²) in [6, 6.07) is 10.8. The van der Waals surface area contributed by atoms with Crippen molar-refractivity contribution in [2.24, 2.45) is 7.05 Å². The number of aryl methyl sites for hydroxylation is 1. The number of rotatable bonds is 3. The molecule has 7 nitrogen and oxygen atoms in total. The lowest BCUT2D eigenvalue weighted by molar-refractivity contribution is 0.0523. The number of halogens is 3. The average Bonchev–Trinajstić information content (AvgIpc) is 3.12. The van der Waals surface area contributed by atoms with E-state index in [-0.39, 0.29) is 28.2 Å². The molecule has 176 valence electrons. The van der Waals surface area contributed by atoms with Gasteiger partial charge in [0.15, 0.2) is 17.3 Å². The molecule has 2 aromatic carbocycles. The van der Waals surface area contributed by atoms with Crippen LogP contribution >= 0.6 is 11.6 Å². The molecule has 2 aromatic heterocycles. The second-order valence-electron chi connectivity index (χ2n) is 8.50. The maximum atomic E-state index is 14.2. The van der Waals surface area contributed by atoms with E-state index in [2.05, 4.69) is 5.10 Å². The van der Waals surface area contributed by atoms with E-state index in [1.807, 2.05) is 0 Å². The fourth-order valence-corrected chi connectivity index (χ4v) is 3.59. The van der Waals surface area contributed by atoms with Crippen molar-refractivity contribution in [2.45, 2.75) is 26.4 Å². The first-order chi connectivity index (χ1) is 16.0. The van der Waals surface area contributed by atoms with Gasteiger partial charge < -0.3 is 14.0 Å². The number of pyridine rings is 1. The molecule has 0 fully saturated rings. The van der Waals surface area contributed by atoms with Gasteiger partial charge in [0.05, 0.1) is 10.5 Å². The quantitative estimate of drug-likeness (QED) is 0.359. The summed E-state index contributed by atoms with van der Waals surface area (Å²) in [6.45, 7) is 5.10. The van der Waals surface area contributed by atoms with Gasteiger partial charge in [-0.3, -0.25) is 4.79 Å². The third kappa shape index (κ3) is 4.38. The third-order valence-electron chi connectivity index (χ3n) is 4.82. The van der Waals surface area contributed by atoms with Gasteiger partial charge in [0.1, 0.15) is 22.6 Å². The fraction of sp³-hybridized carbons (Fsp3) is 0.208. The Morgan fingerprint density at radius 2 is 1.76 bits per heavy atom. The van der Waals surface area contributed by atoms with Gasteiger partial charge in [0.2, 0.25) is 0 Å². The van der Waals surface area contributed by atoms with E-state index in [4.69, 9.17) is 21.1 Å². The smallest absolute Gasteiger partial charge is 0.435 e. The highest BCUT2D eigenvalue weighted by Gasteiger charge is 2.26. The molecule has 34 heavy (non-hydrogen) atoms. The van der Waals surface area contributed by atoms with Gasteiger partial charge in [0.25, 0.3) is 5.56 Å². The molecule has 0 aliphatic carbocycles. The van der Waals surface area contributed by atoms with Crippen LogP contribution in [0.5, 0.6) is 11.5 Å². The molecule has 0 spiro atoms. The second kappa shape index (κ2) is 8.57. The van der Waals surface area contributed by atoms with Crippen LogP contribution < -0.4 is 10.3 Å². The minimum absolute atomic E-state index is 0.170. The average molecular weight is 488 g/mol. The number of carbonyl (C=O) groups is 1. The third-order valence-corrected chi connectivity index (χ3v) is 5.15. The van der Waals surface area contributed by atoms with E-state index in [1.54, 1.807) is 45.0 Å². The standard InChI is InChI=1S/C24H20ClF2N3O4/c1-24(2,3)34-23(32)30-17-12-19(33-18-10-9-13(26)11-16(18)27)22(31)29(4)21(17)20(28-30)14-7-5-6-8-15(14)25/h5-12H,1-4H3. The van der Waals surface area contributed by atoms with Crippen molar-refractivity contribution >= 4 is 28.7 Å². The highest BCUT2D eigenvalue weighted by atomic mass is 35.5. The number of nitrogens with zero attached hydrogens (tertiary/aromatic N) is 3. The normalized spacial score (nSPS) is 11.6. The number of fused-ring (bicyclic) bond motifs is 1. The molecule has 2 heterocycles. The number of ether oxygens (including phenoxy) is 2. The highest BCUT2D eigenvalue weighted by Crippen LogP contribution is 2.34. The Balaban J connectivity index is 1.97. The van der Waals surface area contributed by atoms with E-state index in [9.17, 15) is 18.4 Å². The molecular weight excluding hydrogens is 468 g/mol. The Bertz CT molecular complexity index is 1490. The molecule has 0 amide bonds. The number of hydrogen-bond donors (Lipinski definition) is 0. The lowest BCUT2D eigenvalue weighted by Crippen LogP contribution is -2.28. The first-order valence-electron chi connectivity index (χ1n) is 10.2. The molecule has 0 atom stereocenters. The van der Waals surface area contributed by atoms with Gasteiger partial charge in [-0.05, 0) is 39.0 Å². The molecule has 0 radical (unpaired) electrons. The van der Waals surface area contributed by atoms with Gasteiger partial charge in [-0.1, -0.05) is 29.8 Å². The Hall–Kier alpha value is -3.72. The van der Waals surface area contributed by atoms with Crippen LogP contribution in [0.2, 0.25) is 5.02 Å². The van der Waals surface area contributed by atoms with Crippen molar-refractivity contribution in [2.75, 3.05) is 0 Å². The summed E-state index contributed by atoms with van der Waals surface area (Å²) in [5.74, 6) is -2.43. The minimum Gasteiger partial charge on any atom is -0.448 e. The summed E-state index contributed by atoms with van der Waals surface area (Å²) in [5, 5.41) is 4.76. The molecule has 0 unspecified atom stereocenters. The Labute approximate surface area is 198 Å². The van der Waals surface area contributed by atoms with Gasteiger partial charge in [-0.25, -0.2) is 13.6 Å². The van der Waals surface area contributed by atoms with Crippen LogP contribution in [0.4, 0.5) is 13.6 Å². The molecule has 0 aliphatic heterocycles. The number of hydrogen-bond acceptors (Lipinski definition) is 5. The molecule has 0 bridgehead atoms. The SMILES string of the molecule is Cn1c(=O)c(Oc2ccc(F)cc2F)cc2c1c(-c1ccccc1Cl)nn2C(=O)OC(C)(C)C. The minimum atomic E-state index is -0.987. The van der Waals surface area contributed by atoms with Crippen LogP contribution in [0.15, 0.2) is 53.3 Å². The Kier molecular flexibility index (Phi) is 5.91. The zero-order valence-electron chi connectivity index (χ0n) is 18.7. The predicted molar refractivity (Wildman–Crippen MR) is 123 cm³/mol. The van der Waals surface area contributed by atoms with E-state index in [1.165, 1.54) is 17.7 Å². The second-order valence-corrected chi connectivity index (χ2v) is 8.91. The molecule has 0 saturated heterocycles. The van der Waals surface area contributed by atoms with Crippen molar-refractivity contribution in [3.05, 3.63) is 75.5 Å². The Morgan fingerprint density at radius 1 is 1.06 bits per heavy atom. The molecular formula is C24H20ClF2N3O4. The zero-order valence-corrected chi connectivity index (χ0v) is 19.5. The molecule has 0 saturated carbocycles. The fourth-order valence-electron chi connectivity index (χ4n) is 3.36. The maximum Gasteiger partial charge on any atom is 0.435 e. The molecule has 4 aromatic rings. The summed E-state index contributed by atoms with van der Waals surface area (Å²) in [6.07, 6.45) is -0.798. The Morgan fingerprint density at radius 3 is 2.41 bits per heavy atom. The van der Waals surface area contributed by atoms with Crippen molar-refractivity contribution in [3.63, 3.8) is 0 Å². The van der Waals surface area contributed by atoms with Crippen LogP contribution in [0.1, 0.15) is 20.8 Å². The lowest BCUT2D eigenvalue weighted by atomic mass is 10.1. The van der Waals surface area contributed by atoms with Gasteiger partial charge in [-0.2, -0.15) is 9.78 Å². The molecule has 10 heteroatoms. The topological polar surface area (TPSA) is 75.4 Å². The van der Waals surface area contributed by atoms with Crippen molar-refractivity contribution < 1.29 is 23.0 Å². The summed E-state index contributed by atoms with van der Waals surface area (Å²) in [5.41, 5.74) is -0.236. The molecule has 0 aliphatic rings. The van der Waals surface area contributed by atoms with Crippen LogP contribution in [0.25, 0.3) is 22.3 Å². The van der Waals surface area contributed by atoms with Gasteiger partial charge in [-0.15, -0.1) is 0 Å². The van der Waals surface area contributed by atoms with Crippen molar-refractivity contribution in [1.82, 2.24) is 14.3 Å². The van der Waals surface area contributed by atoms with E-state index < -0.39 is 28.9 Å². The highest BCUT2D eigenvalue weighted by molar-refractivity contribution is 6.33. The first kappa shape index (κ1) is 23.4. The molecule has 4 rings (SSSR count). The van der Waals surface area contributed by atoms with Crippen LogP contribution in [-0.4, -0.2) is 26.0 Å². The zero-order chi connectivity index (χ0) is 24.8. The van der Waals surface area contributed by atoms with Crippen LogP contribution in [0, 0.1) is 11.6 Å². The first-order valence-corrected chi connectivity index (χ1v) is 10.6.